The molecule has 0 aliphatic heterocycles. The highest BCUT2D eigenvalue weighted by atomic mass is 79.9. The Morgan fingerprint density at radius 2 is 1.93 bits per heavy atom. The van der Waals surface area contributed by atoms with E-state index in [-0.39, 0.29) is 0 Å². The Hall–Kier alpha value is -0.340. The van der Waals surface area contributed by atoms with Crippen molar-refractivity contribution in [2.45, 2.75) is 33.3 Å². The quantitative estimate of drug-likeness (QED) is 0.745. The third-order valence-corrected chi connectivity index (χ3v) is 2.89. The van der Waals surface area contributed by atoms with Crippen LogP contribution in [0.5, 0.6) is 0 Å². The van der Waals surface area contributed by atoms with Crippen LogP contribution in [0.3, 0.4) is 0 Å². The predicted octanol–water partition coefficient (Wildman–Crippen LogP) is 4.40. The minimum Gasteiger partial charge on any atom is -0.376 e. The zero-order chi connectivity index (χ0) is 11.1. The van der Waals surface area contributed by atoms with Crippen molar-refractivity contribution >= 4 is 15.9 Å². The molecule has 0 radical (unpaired) electrons. The van der Waals surface area contributed by atoms with E-state index in [9.17, 15) is 0 Å². The third-order valence-electron chi connectivity index (χ3n) is 2.37. The van der Waals surface area contributed by atoms with Crippen LogP contribution in [0.1, 0.15) is 32.3 Å². The Morgan fingerprint density at radius 1 is 1.27 bits per heavy atom. The molecular formula is C13H19BrO. The minimum atomic E-state index is 0.672. The summed E-state index contributed by atoms with van der Waals surface area (Å²) in [6.07, 6.45) is 2.49. The van der Waals surface area contributed by atoms with Crippen LogP contribution in [0.2, 0.25) is 0 Å². The second-order valence-electron chi connectivity index (χ2n) is 4.04. The number of halogens is 1. The summed E-state index contributed by atoms with van der Waals surface area (Å²) in [6, 6.07) is 8.28. The van der Waals surface area contributed by atoms with Gasteiger partial charge in [0.2, 0.25) is 0 Å². The van der Waals surface area contributed by atoms with E-state index in [1.165, 1.54) is 18.4 Å². The summed E-state index contributed by atoms with van der Waals surface area (Å²) in [5.74, 6) is 0.672. The molecule has 0 amide bonds. The van der Waals surface area contributed by atoms with Gasteiger partial charge in [0.1, 0.15) is 0 Å². The number of rotatable bonds is 6. The highest BCUT2D eigenvalue weighted by Gasteiger charge is 2.00. The molecule has 1 rings (SSSR count). The average Bonchev–Trinajstić information content (AvgIpc) is 2.21. The molecule has 0 aliphatic carbocycles. The van der Waals surface area contributed by atoms with Gasteiger partial charge in [0.15, 0.2) is 0 Å². The van der Waals surface area contributed by atoms with E-state index in [1.807, 2.05) is 12.1 Å². The molecule has 1 aromatic rings. The maximum atomic E-state index is 5.66. The molecule has 1 unspecified atom stereocenters. The van der Waals surface area contributed by atoms with E-state index in [0.717, 1.165) is 17.7 Å². The van der Waals surface area contributed by atoms with Crippen LogP contribution < -0.4 is 0 Å². The van der Waals surface area contributed by atoms with Gasteiger partial charge in [-0.2, -0.15) is 0 Å². The molecule has 1 atom stereocenters. The molecule has 0 bridgehead atoms. The standard InChI is InChI=1S/C13H19BrO/c1-3-4-11(2)9-15-10-12-5-7-13(14)8-6-12/h5-8,11H,3-4,9-10H2,1-2H3. The van der Waals surface area contributed by atoms with Gasteiger partial charge >= 0.3 is 0 Å². The van der Waals surface area contributed by atoms with Crippen molar-refractivity contribution in [2.75, 3.05) is 6.61 Å². The van der Waals surface area contributed by atoms with Crippen LogP contribution >= 0.6 is 15.9 Å². The van der Waals surface area contributed by atoms with E-state index < -0.39 is 0 Å². The first kappa shape index (κ1) is 12.7. The molecule has 0 saturated heterocycles. The van der Waals surface area contributed by atoms with Gasteiger partial charge in [-0.05, 0) is 30.0 Å². The highest BCUT2D eigenvalue weighted by molar-refractivity contribution is 9.10. The van der Waals surface area contributed by atoms with Gasteiger partial charge < -0.3 is 4.74 Å². The molecule has 1 aromatic carbocycles. The summed E-state index contributed by atoms with van der Waals surface area (Å²) < 4.78 is 6.77. The number of hydrogen-bond donors (Lipinski definition) is 0. The monoisotopic (exact) mass is 270 g/mol. The van der Waals surface area contributed by atoms with Crippen molar-refractivity contribution in [3.05, 3.63) is 34.3 Å². The molecule has 0 aliphatic rings. The number of benzene rings is 1. The lowest BCUT2D eigenvalue weighted by molar-refractivity contribution is 0.0893. The second-order valence-corrected chi connectivity index (χ2v) is 4.95. The van der Waals surface area contributed by atoms with Gasteiger partial charge in [-0.3, -0.25) is 0 Å². The van der Waals surface area contributed by atoms with Crippen molar-refractivity contribution in [1.82, 2.24) is 0 Å². The first-order chi connectivity index (χ1) is 7.22. The lowest BCUT2D eigenvalue weighted by Gasteiger charge is -2.10. The summed E-state index contributed by atoms with van der Waals surface area (Å²) >= 11 is 3.42. The molecule has 0 saturated carbocycles. The lowest BCUT2D eigenvalue weighted by Crippen LogP contribution is -2.05. The molecule has 0 fully saturated rings. The van der Waals surface area contributed by atoms with Crippen molar-refractivity contribution < 1.29 is 4.74 Å². The minimum absolute atomic E-state index is 0.672. The average molecular weight is 271 g/mol. The zero-order valence-electron chi connectivity index (χ0n) is 9.50. The third kappa shape index (κ3) is 5.33. The van der Waals surface area contributed by atoms with Gasteiger partial charge in [-0.15, -0.1) is 0 Å². The molecule has 84 valence electrons. The normalized spacial score (nSPS) is 12.7. The van der Waals surface area contributed by atoms with Gasteiger partial charge in [0.25, 0.3) is 0 Å². The van der Waals surface area contributed by atoms with Crippen molar-refractivity contribution in [1.29, 1.82) is 0 Å². The molecule has 0 spiro atoms. The fourth-order valence-corrected chi connectivity index (χ4v) is 1.80. The highest BCUT2D eigenvalue weighted by Crippen LogP contribution is 2.12. The Bertz CT molecular complexity index is 268. The second kappa shape index (κ2) is 7.02. The van der Waals surface area contributed by atoms with Crippen LogP contribution in [0.25, 0.3) is 0 Å². The van der Waals surface area contributed by atoms with E-state index in [1.54, 1.807) is 0 Å². The van der Waals surface area contributed by atoms with Crippen LogP contribution in [0.4, 0.5) is 0 Å². The first-order valence-corrected chi connectivity index (χ1v) is 6.34. The van der Waals surface area contributed by atoms with Gasteiger partial charge in [0, 0.05) is 11.1 Å². The van der Waals surface area contributed by atoms with Crippen molar-refractivity contribution in [3.63, 3.8) is 0 Å². The topological polar surface area (TPSA) is 9.23 Å². The summed E-state index contributed by atoms with van der Waals surface area (Å²) in [4.78, 5) is 0. The van der Waals surface area contributed by atoms with Crippen LogP contribution in [-0.2, 0) is 11.3 Å². The van der Waals surface area contributed by atoms with Crippen LogP contribution in [0.15, 0.2) is 28.7 Å². The van der Waals surface area contributed by atoms with E-state index in [4.69, 9.17) is 4.74 Å². The molecule has 0 aromatic heterocycles. The predicted molar refractivity (Wildman–Crippen MR) is 67.9 cm³/mol. The van der Waals surface area contributed by atoms with Gasteiger partial charge in [-0.25, -0.2) is 0 Å². The van der Waals surface area contributed by atoms with Crippen LogP contribution in [0, 0.1) is 5.92 Å². The molecule has 2 heteroatoms. The Kier molecular flexibility index (Phi) is 5.96. The SMILES string of the molecule is CCCC(C)COCc1ccc(Br)cc1. The lowest BCUT2D eigenvalue weighted by atomic mass is 10.1. The largest absolute Gasteiger partial charge is 0.376 e. The summed E-state index contributed by atoms with van der Waals surface area (Å²) in [5, 5.41) is 0. The smallest absolute Gasteiger partial charge is 0.0717 e. The number of ether oxygens (including phenoxy) is 1. The number of hydrogen-bond acceptors (Lipinski definition) is 1. The fraction of sp³-hybridized carbons (Fsp3) is 0.538. The van der Waals surface area contributed by atoms with E-state index in [2.05, 4.69) is 41.9 Å². The molecule has 0 N–H and O–H groups in total. The summed E-state index contributed by atoms with van der Waals surface area (Å²) in [5.41, 5.74) is 1.24. The Morgan fingerprint density at radius 3 is 2.53 bits per heavy atom. The van der Waals surface area contributed by atoms with E-state index in [0.29, 0.717) is 5.92 Å². The van der Waals surface area contributed by atoms with Crippen LogP contribution in [-0.4, -0.2) is 6.61 Å². The molecular weight excluding hydrogens is 252 g/mol. The maximum Gasteiger partial charge on any atom is 0.0717 e. The fourth-order valence-electron chi connectivity index (χ4n) is 1.53. The van der Waals surface area contributed by atoms with E-state index >= 15 is 0 Å². The van der Waals surface area contributed by atoms with Crippen molar-refractivity contribution in [3.8, 4) is 0 Å². The van der Waals surface area contributed by atoms with Crippen molar-refractivity contribution in [2.24, 2.45) is 5.92 Å². The van der Waals surface area contributed by atoms with Gasteiger partial charge in [0.05, 0.1) is 6.61 Å². The molecule has 1 nitrogen and oxygen atoms in total. The maximum absolute atomic E-state index is 5.66. The Balaban J connectivity index is 2.22. The van der Waals surface area contributed by atoms with Gasteiger partial charge in [-0.1, -0.05) is 48.3 Å². The summed E-state index contributed by atoms with van der Waals surface area (Å²) in [6.45, 7) is 6.04. The zero-order valence-corrected chi connectivity index (χ0v) is 11.1. The first-order valence-electron chi connectivity index (χ1n) is 5.54. The molecule has 0 heterocycles. The Labute approximate surface area is 101 Å². The molecule has 15 heavy (non-hydrogen) atoms. The summed E-state index contributed by atoms with van der Waals surface area (Å²) in [7, 11) is 0.